The van der Waals surface area contributed by atoms with Gasteiger partial charge in [0.05, 0.1) is 0 Å². The van der Waals surface area contributed by atoms with E-state index in [4.69, 9.17) is 0 Å². The zero-order valence-electron chi connectivity index (χ0n) is 18.9. The molecule has 0 spiro atoms. The first kappa shape index (κ1) is 23.0. The van der Waals surface area contributed by atoms with E-state index in [0.717, 1.165) is 24.3 Å². The first-order valence-electron chi connectivity index (χ1n) is 12.2. The topological polar surface area (TPSA) is 0 Å². The molecule has 1 fully saturated rings. The molecule has 0 N–H and O–H groups in total. The van der Waals surface area contributed by atoms with Crippen LogP contribution in [-0.4, -0.2) is 0 Å². The highest BCUT2D eigenvalue weighted by Crippen LogP contribution is 2.34. The second-order valence-corrected chi connectivity index (χ2v) is 9.27. The molecular formula is C28H38F2. The molecule has 0 bridgehead atoms. The smallest absolute Gasteiger partial charge is 0.166 e. The lowest BCUT2D eigenvalue weighted by Crippen LogP contribution is -2.15. The van der Waals surface area contributed by atoms with E-state index in [2.05, 4.69) is 13.8 Å². The molecule has 2 heteroatoms. The van der Waals surface area contributed by atoms with Crippen LogP contribution < -0.4 is 0 Å². The van der Waals surface area contributed by atoms with Gasteiger partial charge in [-0.25, -0.2) is 8.78 Å². The summed E-state index contributed by atoms with van der Waals surface area (Å²) in [6.07, 6.45) is 14.0. The van der Waals surface area contributed by atoms with Gasteiger partial charge in [0.15, 0.2) is 11.6 Å². The van der Waals surface area contributed by atoms with Gasteiger partial charge in [0.1, 0.15) is 0 Å². The molecule has 2 aromatic rings. The van der Waals surface area contributed by atoms with Gasteiger partial charge in [-0.15, -0.1) is 0 Å². The SMILES string of the molecule is CCCCCc1ccc(-c2ccc(CCC3CCC(CCC)CC3)c(F)c2F)cc1. The number of hydrogen-bond donors (Lipinski definition) is 0. The third-order valence-electron chi connectivity index (χ3n) is 6.98. The van der Waals surface area contributed by atoms with E-state index >= 15 is 0 Å². The number of aryl methyl sites for hydroxylation is 2. The van der Waals surface area contributed by atoms with Gasteiger partial charge in [0.25, 0.3) is 0 Å². The molecule has 0 saturated heterocycles. The Kier molecular flexibility index (Phi) is 8.90. The van der Waals surface area contributed by atoms with Crippen LogP contribution in [0.4, 0.5) is 8.78 Å². The van der Waals surface area contributed by atoms with Crippen molar-refractivity contribution in [3.8, 4) is 11.1 Å². The molecule has 0 heterocycles. The van der Waals surface area contributed by atoms with E-state index in [1.807, 2.05) is 24.3 Å². The van der Waals surface area contributed by atoms with Gasteiger partial charge >= 0.3 is 0 Å². The van der Waals surface area contributed by atoms with Crippen molar-refractivity contribution in [2.75, 3.05) is 0 Å². The predicted molar refractivity (Wildman–Crippen MR) is 124 cm³/mol. The van der Waals surface area contributed by atoms with Crippen molar-refractivity contribution in [3.63, 3.8) is 0 Å². The first-order valence-corrected chi connectivity index (χ1v) is 12.2. The van der Waals surface area contributed by atoms with E-state index in [1.165, 1.54) is 63.4 Å². The summed E-state index contributed by atoms with van der Waals surface area (Å²) in [5.41, 5.74) is 2.92. The molecule has 1 saturated carbocycles. The predicted octanol–water partition coefficient (Wildman–Crippen LogP) is 8.90. The van der Waals surface area contributed by atoms with Crippen LogP contribution in [0.25, 0.3) is 11.1 Å². The van der Waals surface area contributed by atoms with Crippen LogP contribution in [0.1, 0.15) is 89.2 Å². The molecule has 1 aliphatic carbocycles. The molecule has 0 unspecified atom stereocenters. The van der Waals surface area contributed by atoms with Crippen molar-refractivity contribution >= 4 is 0 Å². The third-order valence-corrected chi connectivity index (χ3v) is 6.98. The Morgan fingerprint density at radius 3 is 2.00 bits per heavy atom. The van der Waals surface area contributed by atoms with Crippen molar-refractivity contribution in [1.29, 1.82) is 0 Å². The molecule has 1 aliphatic rings. The van der Waals surface area contributed by atoms with Crippen molar-refractivity contribution in [2.24, 2.45) is 11.8 Å². The van der Waals surface area contributed by atoms with Gasteiger partial charge < -0.3 is 0 Å². The van der Waals surface area contributed by atoms with Crippen molar-refractivity contribution in [1.82, 2.24) is 0 Å². The van der Waals surface area contributed by atoms with Gasteiger partial charge in [-0.3, -0.25) is 0 Å². The normalized spacial score (nSPS) is 19.2. The first-order chi connectivity index (χ1) is 14.6. The van der Waals surface area contributed by atoms with E-state index in [0.29, 0.717) is 23.5 Å². The summed E-state index contributed by atoms with van der Waals surface area (Å²) in [5, 5.41) is 0. The van der Waals surface area contributed by atoms with E-state index < -0.39 is 11.6 Å². The quantitative estimate of drug-likeness (QED) is 0.342. The number of rotatable bonds is 10. The minimum atomic E-state index is -0.696. The maximum absolute atomic E-state index is 14.8. The van der Waals surface area contributed by atoms with Crippen LogP contribution >= 0.6 is 0 Å². The highest BCUT2D eigenvalue weighted by atomic mass is 19.2. The van der Waals surface area contributed by atoms with Crippen LogP contribution in [0.15, 0.2) is 36.4 Å². The van der Waals surface area contributed by atoms with Crippen molar-refractivity contribution < 1.29 is 8.78 Å². The molecule has 30 heavy (non-hydrogen) atoms. The Labute approximate surface area is 182 Å². The highest BCUT2D eigenvalue weighted by molar-refractivity contribution is 5.65. The monoisotopic (exact) mass is 412 g/mol. The minimum Gasteiger partial charge on any atom is -0.203 e. The molecule has 0 nitrogen and oxygen atoms in total. The molecule has 0 aromatic heterocycles. The zero-order valence-corrected chi connectivity index (χ0v) is 18.9. The standard InChI is InChI=1S/C28H38F2/c1-3-5-6-8-22-13-16-24(17-14-22)26-20-19-25(27(29)28(26)30)18-15-23-11-9-21(7-4-2)10-12-23/h13-14,16-17,19-21,23H,3-12,15,18H2,1-2H3. The summed E-state index contributed by atoms with van der Waals surface area (Å²) in [7, 11) is 0. The molecule has 0 aliphatic heterocycles. The zero-order chi connectivity index (χ0) is 21.3. The van der Waals surface area contributed by atoms with Crippen molar-refractivity contribution in [3.05, 3.63) is 59.2 Å². The minimum absolute atomic E-state index is 0.372. The number of unbranched alkanes of at least 4 members (excludes halogenated alkanes) is 2. The summed E-state index contributed by atoms with van der Waals surface area (Å²) < 4.78 is 29.6. The molecule has 0 atom stereocenters. The average molecular weight is 413 g/mol. The largest absolute Gasteiger partial charge is 0.203 e. The van der Waals surface area contributed by atoms with Crippen molar-refractivity contribution in [2.45, 2.75) is 90.9 Å². The van der Waals surface area contributed by atoms with E-state index in [-0.39, 0.29) is 0 Å². The summed E-state index contributed by atoms with van der Waals surface area (Å²) in [6.45, 7) is 4.46. The highest BCUT2D eigenvalue weighted by Gasteiger charge is 2.21. The lowest BCUT2D eigenvalue weighted by atomic mass is 9.78. The lowest BCUT2D eigenvalue weighted by Gasteiger charge is -2.28. The summed E-state index contributed by atoms with van der Waals surface area (Å²) >= 11 is 0. The average Bonchev–Trinajstić information content (AvgIpc) is 2.77. The number of benzene rings is 2. The second kappa shape index (κ2) is 11.6. The van der Waals surface area contributed by atoms with Gasteiger partial charge in [-0.05, 0) is 54.2 Å². The summed E-state index contributed by atoms with van der Waals surface area (Å²) in [5.74, 6) is 0.204. The van der Waals surface area contributed by atoms with Crippen LogP contribution in [-0.2, 0) is 12.8 Å². The van der Waals surface area contributed by atoms with Gasteiger partial charge in [0.2, 0.25) is 0 Å². The Balaban J connectivity index is 1.59. The molecule has 164 valence electrons. The Bertz CT molecular complexity index is 770. The fraction of sp³-hybridized carbons (Fsp3) is 0.571. The fourth-order valence-electron chi connectivity index (χ4n) is 5.01. The second-order valence-electron chi connectivity index (χ2n) is 9.27. The maximum Gasteiger partial charge on any atom is 0.166 e. The Morgan fingerprint density at radius 2 is 1.37 bits per heavy atom. The molecule has 0 amide bonds. The molecule has 3 rings (SSSR count). The Morgan fingerprint density at radius 1 is 0.700 bits per heavy atom. The maximum atomic E-state index is 14.8. The summed E-state index contributed by atoms with van der Waals surface area (Å²) in [4.78, 5) is 0. The van der Waals surface area contributed by atoms with Gasteiger partial charge in [-0.1, -0.05) is 102 Å². The molecule has 2 aromatic carbocycles. The number of hydrogen-bond acceptors (Lipinski definition) is 0. The van der Waals surface area contributed by atoms with E-state index in [9.17, 15) is 8.78 Å². The van der Waals surface area contributed by atoms with Crippen LogP contribution in [0.2, 0.25) is 0 Å². The lowest BCUT2D eigenvalue weighted by molar-refractivity contribution is 0.251. The van der Waals surface area contributed by atoms with Crippen LogP contribution in [0, 0.1) is 23.5 Å². The number of halogens is 2. The third kappa shape index (κ3) is 6.15. The fourth-order valence-corrected chi connectivity index (χ4v) is 5.01. The molecule has 0 radical (unpaired) electrons. The summed E-state index contributed by atoms with van der Waals surface area (Å²) in [6, 6.07) is 11.5. The van der Waals surface area contributed by atoms with Gasteiger partial charge in [-0.2, -0.15) is 0 Å². The van der Waals surface area contributed by atoms with Crippen LogP contribution in [0.3, 0.4) is 0 Å². The molecular weight excluding hydrogens is 374 g/mol. The van der Waals surface area contributed by atoms with Gasteiger partial charge in [0, 0.05) is 5.56 Å². The van der Waals surface area contributed by atoms with Crippen LogP contribution in [0.5, 0.6) is 0 Å². The van der Waals surface area contributed by atoms with E-state index in [1.54, 1.807) is 12.1 Å². The Hall–Kier alpha value is -1.70.